The van der Waals surface area contributed by atoms with Crippen molar-refractivity contribution in [2.24, 2.45) is 0 Å². The number of carbonyl (C=O) groups is 1. The summed E-state index contributed by atoms with van der Waals surface area (Å²) in [5.74, 6) is 0.919. The summed E-state index contributed by atoms with van der Waals surface area (Å²) in [4.78, 5) is 22.6. The molecule has 0 saturated carbocycles. The van der Waals surface area contributed by atoms with Crippen molar-refractivity contribution in [1.82, 2.24) is 5.32 Å². The molecule has 0 radical (unpaired) electrons. The number of benzene rings is 2. The van der Waals surface area contributed by atoms with Crippen LogP contribution in [0.4, 0.5) is 5.69 Å². The first-order chi connectivity index (χ1) is 13.8. The highest BCUT2D eigenvalue weighted by molar-refractivity contribution is 6.32. The summed E-state index contributed by atoms with van der Waals surface area (Å²) in [6.07, 6.45) is 3.70. The summed E-state index contributed by atoms with van der Waals surface area (Å²) in [6.45, 7) is 4.46. The van der Waals surface area contributed by atoms with Crippen LogP contribution in [0.1, 0.15) is 37.4 Å². The van der Waals surface area contributed by atoms with Crippen molar-refractivity contribution in [2.75, 3.05) is 13.7 Å². The highest BCUT2D eigenvalue weighted by atomic mass is 35.5. The lowest BCUT2D eigenvalue weighted by atomic mass is 10.1. The van der Waals surface area contributed by atoms with Crippen LogP contribution in [0.15, 0.2) is 42.5 Å². The number of amides is 1. The molecule has 1 amide bonds. The first-order valence-corrected chi connectivity index (χ1v) is 9.46. The standard InChI is InChI=1S/C21H23ClN2O5/c1-4-11-29-19-9-7-16(13-20(19)28-3)14(2)23-21(25)10-6-15-5-8-17(22)18(12-15)24(26)27/h5-10,12-14H,4,11H2,1-3H3,(H,23,25)/b10-6+. The number of nitrogens with zero attached hydrogens (tertiary/aromatic N) is 1. The molecule has 0 aliphatic heterocycles. The minimum atomic E-state index is -0.566. The monoisotopic (exact) mass is 418 g/mol. The van der Waals surface area contributed by atoms with Gasteiger partial charge in [0.2, 0.25) is 5.91 Å². The van der Waals surface area contributed by atoms with Gasteiger partial charge in [-0.25, -0.2) is 0 Å². The second-order valence-electron chi connectivity index (χ2n) is 6.29. The molecule has 0 spiro atoms. The molecule has 7 nitrogen and oxygen atoms in total. The number of halogens is 1. The Labute approximate surface area is 174 Å². The van der Waals surface area contributed by atoms with Crippen LogP contribution in [0, 0.1) is 10.1 Å². The summed E-state index contributed by atoms with van der Waals surface area (Å²) >= 11 is 5.79. The Hall–Kier alpha value is -3.06. The lowest BCUT2D eigenvalue weighted by Crippen LogP contribution is -2.24. The van der Waals surface area contributed by atoms with E-state index in [-0.39, 0.29) is 22.7 Å². The summed E-state index contributed by atoms with van der Waals surface area (Å²) in [5, 5.41) is 13.8. The molecule has 0 aliphatic rings. The first kappa shape index (κ1) is 22.2. The molecule has 2 aromatic carbocycles. The average Bonchev–Trinajstić information content (AvgIpc) is 2.71. The van der Waals surface area contributed by atoms with E-state index in [4.69, 9.17) is 21.1 Å². The van der Waals surface area contributed by atoms with E-state index in [1.165, 1.54) is 24.3 Å². The zero-order valence-corrected chi connectivity index (χ0v) is 17.2. The van der Waals surface area contributed by atoms with Gasteiger partial charge in [-0.05, 0) is 48.7 Å². The van der Waals surface area contributed by atoms with Crippen LogP contribution >= 0.6 is 11.6 Å². The normalized spacial score (nSPS) is 11.9. The fourth-order valence-electron chi connectivity index (χ4n) is 2.57. The predicted octanol–water partition coefficient (Wildman–Crippen LogP) is 4.94. The largest absolute Gasteiger partial charge is 0.493 e. The minimum Gasteiger partial charge on any atom is -0.493 e. The maximum Gasteiger partial charge on any atom is 0.288 e. The maximum atomic E-state index is 12.2. The van der Waals surface area contributed by atoms with E-state index >= 15 is 0 Å². The number of ether oxygens (including phenoxy) is 2. The molecular weight excluding hydrogens is 396 g/mol. The number of carbonyl (C=O) groups excluding carboxylic acids is 1. The third-order valence-electron chi connectivity index (χ3n) is 4.10. The van der Waals surface area contributed by atoms with Crippen LogP contribution in [0.25, 0.3) is 6.08 Å². The number of nitro benzene ring substituents is 1. The van der Waals surface area contributed by atoms with Gasteiger partial charge in [0.05, 0.1) is 24.7 Å². The Morgan fingerprint density at radius 3 is 2.69 bits per heavy atom. The Kier molecular flexibility index (Phi) is 8.03. The van der Waals surface area contributed by atoms with Gasteiger partial charge in [-0.15, -0.1) is 0 Å². The second-order valence-corrected chi connectivity index (χ2v) is 6.70. The van der Waals surface area contributed by atoms with Crippen molar-refractivity contribution in [3.8, 4) is 11.5 Å². The van der Waals surface area contributed by atoms with E-state index in [9.17, 15) is 14.9 Å². The molecular formula is C21H23ClN2O5. The van der Waals surface area contributed by atoms with Crippen molar-refractivity contribution >= 4 is 29.3 Å². The van der Waals surface area contributed by atoms with Gasteiger partial charge in [-0.1, -0.05) is 30.7 Å². The smallest absolute Gasteiger partial charge is 0.288 e. The SMILES string of the molecule is CCCOc1ccc(C(C)NC(=O)/C=C/c2ccc(Cl)c([N+](=O)[O-])c2)cc1OC. The van der Waals surface area contributed by atoms with E-state index in [0.717, 1.165) is 12.0 Å². The zero-order valence-electron chi connectivity index (χ0n) is 16.5. The molecule has 2 aromatic rings. The van der Waals surface area contributed by atoms with Crippen LogP contribution in [0.2, 0.25) is 5.02 Å². The molecule has 0 aromatic heterocycles. The molecule has 29 heavy (non-hydrogen) atoms. The van der Waals surface area contributed by atoms with Gasteiger partial charge < -0.3 is 14.8 Å². The van der Waals surface area contributed by atoms with Crippen molar-refractivity contribution in [3.05, 3.63) is 68.7 Å². The molecule has 0 saturated heterocycles. The van der Waals surface area contributed by atoms with Crippen LogP contribution in [-0.4, -0.2) is 24.5 Å². The van der Waals surface area contributed by atoms with Crippen LogP contribution in [0.3, 0.4) is 0 Å². The van der Waals surface area contributed by atoms with Crippen molar-refractivity contribution in [2.45, 2.75) is 26.3 Å². The Morgan fingerprint density at radius 1 is 1.28 bits per heavy atom. The second kappa shape index (κ2) is 10.5. The van der Waals surface area contributed by atoms with Gasteiger partial charge >= 0.3 is 0 Å². The molecule has 8 heteroatoms. The molecule has 2 rings (SSSR count). The van der Waals surface area contributed by atoms with Gasteiger partial charge in [0.25, 0.3) is 5.69 Å². The van der Waals surface area contributed by atoms with E-state index in [2.05, 4.69) is 5.32 Å². The van der Waals surface area contributed by atoms with Crippen LogP contribution in [0.5, 0.6) is 11.5 Å². The van der Waals surface area contributed by atoms with Crippen LogP contribution < -0.4 is 14.8 Å². The summed E-state index contributed by atoms with van der Waals surface area (Å²) < 4.78 is 11.0. The molecule has 1 N–H and O–H groups in total. The van der Waals surface area contributed by atoms with E-state index in [0.29, 0.717) is 23.7 Å². The highest BCUT2D eigenvalue weighted by Crippen LogP contribution is 2.30. The van der Waals surface area contributed by atoms with Gasteiger partial charge in [0, 0.05) is 12.1 Å². The number of nitrogens with one attached hydrogen (secondary N) is 1. The fraction of sp³-hybridized carbons (Fsp3) is 0.286. The molecule has 154 valence electrons. The van der Waals surface area contributed by atoms with Crippen molar-refractivity contribution in [1.29, 1.82) is 0 Å². The van der Waals surface area contributed by atoms with Gasteiger partial charge in [0.1, 0.15) is 5.02 Å². The molecule has 0 heterocycles. The van der Waals surface area contributed by atoms with Crippen molar-refractivity contribution < 1.29 is 19.2 Å². The number of nitro groups is 1. The summed E-state index contributed by atoms with van der Waals surface area (Å²) in [5.41, 5.74) is 1.15. The molecule has 0 aliphatic carbocycles. The fourth-order valence-corrected chi connectivity index (χ4v) is 2.76. The van der Waals surface area contributed by atoms with Gasteiger partial charge in [0.15, 0.2) is 11.5 Å². The predicted molar refractivity (Wildman–Crippen MR) is 112 cm³/mol. The Bertz CT molecular complexity index is 914. The average molecular weight is 419 g/mol. The van der Waals surface area contributed by atoms with Crippen molar-refractivity contribution in [3.63, 3.8) is 0 Å². The lowest BCUT2D eigenvalue weighted by Gasteiger charge is -2.16. The first-order valence-electron chi connectivity index (χ1n) is 9.09. The number of rotatable bonds is 9. The van der Waals surface area contributed by atoms with E-state index in [1.807, 2.05) is 32.0 Å². The summed E-state index contributed by atoms with van der Waals surface area (Å²) in [7, 11) is 1.56. The quantitative estimate of drug-likeness (QED) is 0.354. The number of hydrogen-bond acceptors (Lipinski definition) is 5. The Morgan fingerprint density at radius 2 is 2.03 bits per heavy atom. The molecule has 0 fully saturated rings. The van der Waals surface area contributed by atoms with E-state index in [1.54, 1.807) is 13.2 Å². The summed E-state index contributed by atoms with van der Waals surface area (Å²) in [6, 6.07) is 9.56. The van der Waals surface area contributed by atoms with E-state index < -0.39 is 4.92 Å². The minimum absolute atomic E-state index is 0.0468. The van der Waals surface area contributed by atoms with Gasteiger partial charge in [-0.3, -0.25) is 14.9 Å². The molecule has 1 atom stereocenters. The van der Waals surface area contributed by atoms with Gasteiger partial charge in [-0.2, -0.15) is 0 Å². The number of methoxy groups -OCH3 is 1. The Balaban J connectivity index is 2.06. The maximum absolute atomic E-state index is 12.2. The third kappa shape index (κ3) is 6.22. The zero-order chi connectivity index (χ0) is 21.4. The highest BCUT2D eigenvalue weighted by Gasteiger charge is 2.13. The molecule has 0 bridgehead atoms. The topological polar surface area (TPSA) is 90.7 Å². The molecule has 1 unspecified atom stereocenters. The van der Waals surface area contributed by atoms with Crippen LogP contribution in [-0.2, 0) is 4.79 Å². The number of hydrogen-bond donors (Lipinski definition) is 1. The third-order valence-corrected chi connectivity index (χ3v) is 4.42. The lowest BCUT2D eigenvalue weighted by molar-refractivity contribution is -0.384.